The van der Waals surface area contributed by atoms with Gasteiger partial charge in [0.1, 0.15) is 23.4 Å². The maximum Gasteiger partial charge on any atom is 0.251 e. The first-order valence-electron chi connectivity index (χ1n) is 25.4. The molecule has 0 bridgehead atoms. The second-order valence-electron chi connectivity index (χ2n) is 17.0. The molecule has 1 aliphatic rings. The van der Waals surface area contributed by atoms with Crippen molar-refractivity contribution in [2.75, 3.05) is 52.9 Å². The summed E-state index contributed by atoms with van der Waals surface area (Å²) in [6.07, 6.45) is 14.8. The number of ether oxygens (including phenoxy) is 9. The molecule has 1 heterocycles. The van der Waals surface area contributed by atoms with Crippen LogP contribution in [0.4, 0.5) is 0 Å². The number of unbranched alkanes of at least 4 members (excludes halogenated alkanes) is 8. The number of fused-ring (bicyclic) bond motifs is 1. The summed E-state index contributed by atoms with van der Waals surface area (Å²) in [4.78, 5) is 14.9. The van der Waals surface area contributed by atoms with Crippen LogP contribution < -0.4 is 47.9 Å². The van der Waals surface area contributed by atoms with Gasteiger partial charge in [-0.3, -0.25) is 4.79 Å². The van der Waals surface area contributed by atoms with Crippen LogP contribution in [0.2, 0.25) is 0 Å². The van der Waals surface area contributed by atoms with E-state index in [1.165, 1.54) is 0 Å². The molecule has 1 N–H and O–H groups in total. The molecule has 4 rings (SSSR count). The Balaban J connectivity index is 1.90. The Morgan fingerprint density at radius 2 is 0.846 bits per heavy atom. The number of carbonyl (C=O) groups is 1. The third kappa shape index (κ3) is 16.9. The first kappa shape index (κ1) is 52.9. The van der Waals surface area contributed by atoms with Gasteiger partial charge < -0.3 is 47.9 Å². The molecule has 0 aromatic heterocycles. The van der Waals surface area contributed by atoms with E-state index < -0.39 is 12.1 Å². The summed E-state index contributed by atoms with van der Waals surface area (Å²) < 4.78 is 58.4. The Kier molecular flexibility index (Phi) is 24.9. The molecule has 0 aliphatic carbocycles. The average molecular weight is 906 g/mol. The molecule has 3 aromatic rings. The van der Waals surface area contributed by atoms with E-state index in [9.17, 15) is 4.79 Å². The summed E-state index contributed by atoms with van der Waals surface area (Å²) in [6, 6.07) is 10.9. The number of nitrogens with one attached hydrogen (secondary N) is 1. The number of hydrogen-bond acceptors (Lipinski definition) is 10. The first-order valence-corrected chi connectivity index (χ1v) is 25.4. The minimum atomic E-state index is -0.662. The molecule has 0 fully saturated rings. The van der Waals surface area contributed by atoms with E-state index in [0.717, 1.165) is 114 Å². The molecular weight excluding hydrogens is 823 g/mol. The molecular formula is C54H83NO10. The quantitative estimate of drug-likeness (QED) is 0.0573. The van der Waals surface area contributed by atoms with Crippen LogP contribution in [0.1, 0.15) is 186 Å². The highest BCUT2D eigenvalue weighted by molar-refractivity contribution is 5.96. The second kappa shape index (κ2) is 30.5. The van der Waals surface area contributed by atoms with Gasteiger partial charge >= 0.3 is 0 Å². The van der Waals surface area contributed by atoms with Gasteiger partial charge in [0.05, 0.1) is 58.9 Å². The highest BCUT2D eigenvalue weighted by Gasteiger charge is 2.37. The number of benzene rings is 3. The van der Waals surface area contributed by atoms with Gasteiger partial charge in [0.2, 0.25) is 11.5 Å². The van der Waals surface area contributed by atoms with Gasteiger partial charge in [-0.05, 0) is 75.6 Å². The summed E-state index contributed by atoms with van der Waals surface area (Å²) in [5.74, 6) is 5.06. The largest absolute Gasteiger partial charge is 0.493 e. The Morgan fingerprint density at radius 3 is 1.26 bits per heavy atom. The highest BCUT2D eigenvalue weighted by Crippen LogP contribution is 2.47. The zero-order valence-corrected chi connectivity index (χ0v) is 41.4. The van der Waals surface area contributed by atoms with Crippen LogP contribution in [-0.4, -0.2) is 64.8 Å². The van der Waals surface area contributed by atoms with Gasteiger partial charge in [-0.1, -0.05) is 107 Å². The fourth-order valence-electron chi connectivity index (χ4n) is 7.12. The monoisotopic (exact) mass is 906 g/mol. The SMILES string of the molecule is CCCCOc1cc(OCCCC)c2c(c1)O[C@H](c1cc(OCCCC)c(OCCCC)c(OCCCC)c1)[C@H](NC(=O)c1cc(OCCCC)c(OCCCC)c(OCCCC)c1)C2. The third-order valence-electron chi connectivity index (χ3n) is 11.2. The smallest absolute Gasteiger partial charge is 0.251 e. The maximum atomic E-state index is 14.9. The zero-order chi connectivity index (χ0) is 46.7. The van der Waals surface area contributed by atoms with Gasteiger partial charge in [0.15, 0.2) is 23.0 Å². The Hall–Kier alpha value is -4.67. The van der Waals surface area contributed by atoms with E-state index in [1.807, 2.05) is 24.3 Å². The predicted octanol–water partition coefficient (Wildman–Crippen LogP) is 13.6. The minimum Gasteiger partial charge on any atom is -0.493 e. The molecule has 3 aromatic carbocycles. The highest BCUT2D eigenvalue weighted by atomic mass is 16.6. The van der Waals surface area contributed by atoms with Crippen LogP contribution in [0.3, 0.4) is 0 Å². The molecule has 0 spiro atoms. The van der Waals surface area contributed by atoms with Gasteiger partial charge in [-0.25, -0.2) is 0 Å². The lowest BCUT2D eigenvalue weighted by Crippen LogP contribution is -2.45. The molecule has 2 atom stereocenters. The van der Waals surface area contributed by atoms with Crippen molar-refractivity contribution in [3.8, 4) is 51.7 Å². The second-order valence-corrected chi connectivity index (χ2v) is 17.0. The minimum absolute atomic E-state index is 0.292. The number of hydrogen-bond donors (Lipinski definition) is 1. The van der Waals surface area contributed by atoms with E-state index in [0.29, 0.717) is 117 Å². The lowest BCUT2D eigenvalue weighted by Gasteiger charge is -2.36. The normalized spacial score (nSPS) is 14.2. The van der Waals surface area contributed by atoms with Crippen molar-refractivity contribution in [1.29, 1.82) is 0 Å². The van der Waals surface area contributed by atoms with E-state index in [4.69, 9.17) is 42.6 Å². The summed E-state index contributed by atoms with van der Waals surface area (Å²) in [6.45, 7) is 21.3. The van der Waals surface area contributed by atoms with Gasteiger partial charge in [0, 0.05) is 35.2 Å². The zero-order valence-electron chi connectivity index (χ0n) is 41.4. The maximum absolute atomic E-state index is 14.9. The summed E-state index contributed by atoms with van der Waals surface area (Å²) >= 11 is 0. The fraction of sp³-hybridized carbons (Fsp3) is 0.648. The van der Waals surface area contributed by atoms with Gasteiger partial charge in [-0.15, -0.1) is 0 Å². The molecule has 0 unspecified atom stereocenters. The molecule has 0 radical (unpaired) electrons. The lowest BCUT2D eigenvalue weighted by molar-refractivity contribution is 0.0833. The van der Waals surface area contributed by atoms with Crippen LogP contribution in [0.5, 0.6) is 51.7 Å². The number of rotatable bonds is 35. The van der Waals surface area contributed by atoms with Crippen molar-refractivity contribution in [3.05, 3.63) is 53.1 Å². The molecule has 11 nitrogen and oxygen atoms in total. The van der Waals surface area contributed by atoms with Crippen LogP contribution in [0, 0.1) is 0 Å². The van der Waals surface area contributed by atoms with Crippen molar-refractivity contribution in [2.24, 2.45) is 0 Å². The number of carbonyl (C=O) groups excluding carboxylic acids is 1. The van der Waals surface area contributed by atoms with E-state index >= 15 is 0 Å². The van der Waals surface area contributed by atoms with Crippen molar-refractivity contribution < 1.29 is 47.4 Å². The number of amides is 1. The van der Waals surface area contributed by atoms with Gasteiger partial charge in [-0.2, -0.15) is 0 Å². The summed E-state index contributed by atoms with van der Waals surface area (Å²) in [5.41, 5.74) is 2.07. The van der Waals surface area contributed by atoms with Crippen molar-refractivity contribution in [1.82, 2.24) is 5.32 Å². The predicted molar refractivity (Wildman–Crippen MR) is 261 cm³/mol. The van der Waals surface area contributed by atoms with E-state index in [1.54, 1.807) is 12.1 Å². The van der Waals surface area contributed by atoms with Crippen LogP contribution in [0.15, 0.2) is 36.4 Å². The van der Waals surface area contributed by atoms with Crippen LogP contribution >= 0.6 is 0 Å². The molecule has 364 valence electrons. The Labute approximate surface area is 391 Å². The average Bonchev–Trinajstić information content (AvgIpc) is 3.30. The van der Waals surface area contributed by atoms with Crippen LogP contribution in [0.25, 0.3) is 0 Å². The lowest BCUT2D eigenvalue weighted by atomic mass is 9.91. The molecule has 11 heteroatoms. The summed E-state index contributed by atoms with van der Waals surface area (Å²) in [5, 5.41) is 3.42. The molecule has 65 heavy (non-hydrogen) atoms. The molecule has 0 saturated carbocycles. The summed E-state index contributed by atoms with van der Waals surface area (Å²) in [7, 11) is 0. The van der Waals surface area contributed by atoms with Crippen molar-refractivity contribution in [2.45, 2.75) is 177 Å². The Bertz CT molecular complexity index is 1750. The molecule has 1 aliphatic heterocycles. The first-order chi connectivity index (χ1) is 31.8. The van der Waals surface area contributed by atoms with Crippen molar-refractivity contribution >= 4 is 5.91 Å². The molecule has 1 amide bonds. The molecule has 0 saturated heterocycles. The van der Waals surface area contributed by atoms with Gasteiger partial charge in [0.25, 0.3) is 5.91 Å². The fourth-order valence-corrected chi connectivity index (χ4v) is 7.12. The van der Waals surface area contributed by atoms with Crippen LogP contribution in [-0.2, 0) is 6.42 Å². The van der Waals surface area contributed by atoms with E-state index in [2.05, 4.69) is 60.7 Å². The third-order valence-corrected chi connectivity index (χ3v) is 11.2. The Morgan fingerprint density at radius 1 is 0.477 bits per heavy atom. The van der Waals surface area contributed by atoms with Crippen molar-refractivity contribution in [3.63, 3.8) is 0 Å². The standard InChI is InChI=1S/C54H83NO10/c1-9-17-25-57-42-37-45(58-26-18-10-2)43-39-44(55-54(56)41-35-49(61-29-21-13-5)53(64-32-24-16-8)50(36-41)62-30-22-14-6)51(65-46(43)38-42)40-33-47(59-27-19-11-3)52(63-31-23-15-7)48(34-40)60-28-20-12-4/h33-38,44,51H,9-32,39H2,1-8H3,(H,55,56)/t44-,51-/m1/s1. The van der Waals surface area contributed by atoms with E-state index in [-0.39, 0.29) is 5.91 Å². The topological polar surface area (TPSA) is 112 Å².